The van der Waals surface area contributed by atoms with Gasteiger partial charge in [0.05, 0.1) is 16.4 Å². The smallest absolute Gasteiger partial charge is 0.140 e. The van der Waals surface area contributed by atoms with Gasteiger partial charge < -0.3 is 4.74 Å². The Labute approximate surface area is 139 Å². The normalized spacial score (nSPS) is 10.6. The molecule has 0 saturated heterocycles. The number of rotatable bonds is 3. The van der Waals surface area contributed by atoms with Gasteiger partial charge >= 0.3 is 0 Å². The molecule has 0 aliphatic carbocycles. The molecular formula is C15H10FIN2OS. The maximum atomic E-state index is 13.5. The monoisotopic (exact) mass is 412 g/mol. The third kappa shape index (κ3) is 3.38. The van der Waals surface area contributed by atoms with E-state index in [0.717, 1.165) is 16.4 Å². The predicted molar refractivity (Wildman–Crippen MR) is 89.3 cm³/mol. The van der Waals surface area contributed by atoms with Crippen LogP contribution in [0.2, 0.25) is 0 Å². The molecule has 3 rings (SSSR count). The number of pyridine rings is 1. The van der Waals surface area contributed by atoms with Crippen LogP contribution >= 0.6 is 33.9 Å². The van der Waals surface area contributed by atoms with Crippen LogP contribution < -0.4 is 4.74 Å². The van der Waals surface area contributed by atoms with Crippen LogP contribution in [0.1, 0.15) is 5.01 Å². The maximum absolute atomic E-state index is 13.5. The summed E-state index contributed by atoms with van der Waals surface area (Å²) in [5, 5.41) is 2.93. The molecule has 1 aromatic carbocycles. The topological polar surface area (TPSA) is 35.0 Å². The summed E-state index contributed by atoms with van der Waals surface area (Å²) in [6.07, 6.45) is 1.66. The van der Waals surface area contributed by atoms with Gasteiger partial charge in [-0.3, -0.25) is 4.98 Å². The van der Waals surface area contributed by atoms with E-state index in [1.165, 1.54) is 6.07 Å². The third-order valence-electron chi connectivity index (χ3n) is 2.74. The van der Waals surface area contributed by atoms with Crippen LogP contribution in [0.25, 0.3) is 11.4 Å². The molecular weight excluding hydrogens is 402 g/mol. The number of aryl methyl sites for hydroxylation is 1. The number of ether oxygens (including phenoxy) is 1. The highest BCUT2D eigenvalue weighted by Crippen LogP contribution is 2.27. The quantitative estimate of drug-likeness (QED) is 0.565. The largest absolute Gasteiger partial charge is 0.457 e. The molecule has 0 amide bonds. The van der Waals surface area contributed by atoms with Gasteiger partial charge in [-0.1, -0.05) is 0 Å². The van der Waals surface area contributed by atoms with Crippen LogP contribution in [0.3, 0.4) is 0 Å². The van der Waals surface area contributed by atoms with E-state index in [2.05, 4.69) is 9.97 Å². The van der Waals surface area contributed by atoms with Crippen LogP contribution in [0, 0.1) is 16.3 Å². The Kier molecular flexibility index (Phi) is 4.16. The first-order chi connectivity index (χ1) is 10.1. The number of aromatic nitrogens is 2. The van der Waals surface area contributed by atoms with Gasteiger partial charge in [0, 0.05) is 27.3 Å². The van der Waals surface area contributed by atoms with Crippen molar-refractivity contribution in [2.24, 2.45) is 0 Å². The number of nitrogens with zero attached hydrogens (tertiary/aromatic N) is 2. The standard InChI is InChI=1S/C15H10FIN2OS/c1-9-19-15(8-21-9)14-7-11(4-5-18-14)20-10-2-3-13(17)12(16)6-10/h2-8H,1H3. The van der Waals surface area contributed by atoms with E-state index in [9.17, 15) is 4.39 Å². The molecule has 0 fully saturated rings. The van der Waals surface area contributed by atoms with Crippen LogP contribution in [0.4, 0.5) is 4.39 Å². The fourth-order valence-electron chi connectivity index (χ4n) is 1.77. The van der Waals surface area contributed by atoms with Gasteiger partial charge in [-0.15, -0.1) is 11.3 Å². The fraction of sp³-hybridized carbons (Fsp3) is 0.0667. The number of halogens is 2. The van der Waals surface area contributed by atoms with Crippen molar-refractivity contribution < 1.29 is 9.13 Å². The average Bonchev–Trinajstić information content (AvgIpc) is 2.90. The van der Waals surface area contributed by atoms with Crippen molar-refractivity contribution in [2.45, 2.75) is 6.92 Å². The maximum Gasteiger partial charge on any atom is 0.140 e. The highest BCUT2D eigenvalue weighted by molar-refractivity contribution is 14.1. The van der Waals surface area contributed by atoms with Crippen molar-refractivity contribution in [3.05, 3.63) is 56.3 Å². The lowest BCUT2D eigenvalue weighted by Gasteiger charge is -2.07. The van der Waals surface area contributed by atoms with Gasteiger partial charge in [-0.2, -0.15) is 0 Å². The predicted octanol–water partition coefficient (Wildman–Crippen LogP) is 5.05. The number of benzene rings is 1. The molecule has 21 heavy (non-hydrogen) atoms. The van der Waals surface area contributed by atoms with Crippen LogP contribution in [0.15, 0.2) is 41.9 Å². The Hall–Kier alpha value is -1.54. The van der Waals surface area contributed by atoms with Crippen molar-refractivity contribution in [2.75, 3.05) is 0 Å². The summed E-state index contributed by atoms with van der Waals surface area (Å²) in [6, 6.07) is 8.31. The molecule has 0 aliphatic rings. The van der Waals surface area contributed by atoms with Crippen molar-refractivity contribution in [1.82, 2.24) is 9.97 Å². The summed E-state index contributed by atoms with van der Waals surface area (Å²) in [4.78, 5) is 8.68. The SMILES string of the molecule is Cc1nc(-c2cc(Oc3ccc(I)c(F)c3)ccn2)cs1. The van der Waals surface area contributed by atoms with E-state index in [4.69, 9.17) is 4.74 Å². The second-order valence-corrected chi connectivity index (χ2v) is 6.53. The molecule has 0 atom stereocenters. The molecule has 0 unspecified atom stereocenters. The molecule has 0 N–H and O–H groups in total. The van der Waals surface area contributed by atoms with Crippen molar-refractivity contribution in [3.8, 4) is 22.9 Å². The Bertz CT molecular complexity index is 791. The lowest BCUT2D eigenvalue weighted by atomic mass is 10.3. The van der Waals surface area contributed by atoms with Gasteiger partial charge in [0.2, 0.25) is 0 Å². The lowest BCUT2D eigenvalue weighted by molar-refractivity contribution is 0.475. The first kappa shape index (κ1) is 14.4. The van der Waals surface area contributed by atoms with Gasteiger partial charge in [0.1, 0.15) is 17.3 Å². The summed E-state index contributed by atoms with van der Waals surface area (Å²) in [7, 11) is 0. The van der Waals surface area contributed by atoms with Crippen LogP contribution in [-0.4, -0.2) is 9.97 Å². The van der Waals surface area contributed by atoms with Gasteiger partial charge in [-0.25, -0.2) is 9.37 Å². The van der Waals surface area contributed by atoms with E-state index in [-0.39, 0.29) is 5.82 Å². The summed E-state index contributed by atoms with van der Waals surface area (Å²) in [6.45, 7) is 1.95. The molecule has 0 aliphatic heterocycles. The zero-order valence-corrected chi connectivity index (χ0v) is 14.0. The van der Waals surface area contributed by atoms with E-state index in [1.807, 2.05) is 34.9 Å². The lowest BCUT2D eigenvalue weighted by Crippen LogP contribution is -1.90. The van der Waals surface area contributed by atoms with Gasteiger partial charge in [0.25, 0.3) is 0 Å². The van der Waals surface area contributed by atoms with E-state index < -0.39 is 0 Å². The molecule has 106 valence electrons. The number of hydrogen-bond acceptors (Lipinski definition) is 4. The molecule has 0 spiro atoms. The second-order valence-electron chi connectivity index (χ2n) is 4.31. The highest BCUT2D eigenvalue weighted by Gasteiger charge is 2.07. The van der Waals surface area contributed by atoms with Crippen LogP contribution in [-0.2, 0) is 0 Å². The summed E-state index contributed by atoms with van der Waals surface area (Å²) in [5.41, 5.74) is 1.56. The second kappa shape index (κ2) is 6.07. The Morgan fingerprint density at radius 3 is 2.67 bits per heavy atom. The molecule has 6 heteroatoms. The summed E-state index contributed by atoms with van der Waals surface area (Å²) >= 11 is 3.51. The molecule has 0 radical (unpaired) electrons. The summed E-state index contributed by atoms with van der Waals surface area (Å²) in [5.74, 6) is 0.767. The Morgan fingerprint density at radius 1 is 1.14 bits per heavy atom. The van der Waals surface area contributed by atoms with E-state index in [1.54, 1.807) is 41.8 Å². The molecule has 2 heterocycles. The number of hydrogen-bond donors (Lipinski definition) is 0. The summed E-state index contributed by atoms with van der Waals surface area (Å²) < 4.78 is 19.8. The van der Waals surface area contributed by atoms with E-state index in [0.29, 0.717) is 15.1 Å². The zero-order chi connectivity index (χ0) is 14.8. The van der Waals surface area contributed by atoms with Crippen molar-refractivity contribution >= 4 is 33.9 Å². The van der Waals surface area contributed by atoms with Crippen LogP contribution in [0.5, 0.6) is 11.5 Å². The third-order valence-corrected chi connectivity index (χ3v) is 4.39. The Morgan fingerprint density at radius 2 is 1.95 bits per heavy atom. The molecule has 0 bridgehead atoms. The minimum Gasteiger partial charge on any atom is -0.457 e. The minimum atomic E-state index is -0.294. The molecule has 3 nitrogen and oxygen atoms in total. The van der Waals surface area contributed by atoms with E-state index >= 15 is 0 Å². The van der Waals surface area contributed by atoms with Gasteiger partial charge in [-0.05, 0) is 47.7 Å². The molecule has 2 aromatic heterocycles. The average molecular weight is 412 g/mol. The Balaban J connectivity index is 1.87. The first-order valence-corrected chi connectivity index (χ1v) is 8.09. The highest BCUT2D eigenvalue weighted by atomic mass is 127. The van der Waals surface area contributed by atoms with Gasteiger partial charge in [0.15, 0.2) is 0 Å². The molecule has 3 aromatic rings. The first-order valence-electron chi connectivity index (χ1n) is 6.13. The molecule has 0 saturated carbocycles. The minimum absolute atomic E-state index is 0.294. The van der Waals surface area contributed by atoms with Crippen molar-refractivity contribution in [1.29, 1.82) is 0 Å². The fourth-order valence-corrected chi connectivity index (χ4v) is 2.71. The zero-order valence-electron chi connectivity index (χ0n) is 11.0. The van der Waals surface area contributed by atoms with Crippen molar-refractivity contribution in [3.63, 3.8) is 0 Å². The number of thiazole rings is 1.